The molecule has 1 aromatic rings. The summed E-state index contributed by atoms with van der Waals surface area (Å²) in [6.45, 7) is 5.30. The first-order valence-corrected chi connectivity index (χ1v) is 9.26. The van der Waals surface area contributed by atoms with Crippen LogP contribution in [-0.4, -0.2) is 66.9 Å². The molecule has 1 aromatic carbocycles. The fraction of sp³-hybridized carbons (Fsp3) is 0.556. The molecular formula is C18H25N5O4. The number of anilines is 1. The topological polar surface area (TPSA) is 108 Å². The van der Waals surface area contributed by atoms with Gasteiger partial charge in [0.1, 0.15) is 5.69 Å². The molecule has 1 atom stereocenters. The number of nitrogens with one attached hydrogen (secondary N) is 2. The minimum absolute atomic E-state index is 0.00775. The second kappa shape index (κ2) is 8.34. The number of hydrogen-bond donors (Lipinski definition) is 2. The van der Waals surface area contributed by atoms with E-state index in [1.54, 1.807) is 17.0 Å². The molecule has 2 saturated heterocycles. The van der Waals surface area contributed by atoms with E-state index in [4.69, 9.17) is 0 Å². The Morgan fingerprint density at radius 1 is 1.26 bits per heavy atom. The molecule has 0 unspecified atom stereocenters. The van der Waals surface area contributed by atoms with Crippen LogP contribution in [0.1, 0.15) is 30.1 Å². The highest BCUT2D eigenvalue weighted by Gasteiger charge is 2.26. The zero-order valence-corrected chi connectivity index (χ0v) is 15.4. The lowest BCUT2D eigenvalue weighted by atomic mass is 10.1. The third-order valence-electron chi connectivity index (χ3n) is 5.13. The van der Waals surface area contributed by atoms with Crippen molar-refractivity contribution >= 4 is 23.2 Å². The van der Waals surface area contributed by atoms with Crippen LogP contribution in [0.2, 0.25) is 0 Å². The van der Waals surface area contributed by atoms with Gasteiger partial charge in [-0.2, -0.15) is 0 Å². The van der Waals surface area contributed by atoms with E-state index < -0.39 is 4.92 Å². The number of nitro groups is 1. The molecule has 2 aliphatic heterocycles. The summed E-state index contributed by atoms with van der Waals surface area (Å²) in [5.74, 6) is -0.284. The Morgan fingerprint density at radius 2 is 2.00 bits per heavy atom. The monoisotopic (exact) mass is 375 g/mol. The second-order valence-electron chi connectivity index (χ2n) is 6.97. The molecule has 2 fully saturated rings. The number of benzene rings is 1. The molecule has 0 aromatic heterocycles. The quantitative estimate of drug-likeness (QED) is 0.594. The van der Waals surface area contributed by atoms with Crippen molar-refractivity contribution in [3.8, 4) is 0 Å². The van der Waals surface area contributed by atoms with E-state index in [0.717, 1.165) is 19.4 Å². The van der Waals surface area contributed by atoms with Crippen molar-refractivity contribution < 1.29 is 14.5 Å². The van der Waals surface area contributed by atoms with Crippen LogP contribution in [0.25, 0.3) is 0 Å². The maximum atomic E-state index is 12.5. The van der Waals surface area contributed by atoms with Crippen molar-refractivity contribution in [2.45, 2.75) is 25.8 Å². The minimum atomic E-state index is -0.453. The third-order valence-corrected chi connectivity index (χ3v) is 5.13. The molecule has 2 aliphatic rings. The first-order chi connectivity index (χ1) is 13.0. The Kier molecular flexibility index (Phi) is 5.90. The molecule has 9 nitrogen and oxygen atoms in total. The fourth-order valence-corrected chi connectivity index (χ4v) is 3.58. The second-order valence-corrected chi connectivity index (χ2v) is 6.97. The van der Waals surface area contributed by atoms with Gasteiger partial charge in [0.2, 0.25) is 5.91 Å². The first-order valence-electron chi connectivity index (χ1n) is 9.26. The molecule has 146 valence electrons. The maximum absolute atomic E-state index is 12.5. The Balaban J connectivity index is 1.74. The normalized spacial score (nSPS) is 20.3. The van der Waals surface area contributed by atoms with Crippen LogP contribution in [0.3, 0.4) is 0 Å². The molecule has 0 saturated carbocycles. The number of piperidine rings is 1. The van der Waals surface area contributed by atoms with Gasteiger partial charge in [-0.1, -0.05) is 0 Å². The molecule has 0 aliphatic carbocycles. The molecule has 0 bridgehead atoms. The lowest BCUT2D eigenvalue weighted by molar-refractivity contribution is -0.384. The predicted octanol–water partition coefficient (Wildman–Crippen LogP) is 0.745. The number of carbonyl (C=O) groups excluding carboxylic acids is 2. The van der Waals surface area contributed by atoms with E-state index >= 15 is 0 Å². The van der Waals surface area contributed by atoms with Crippen LogP contribution in [0, 0.1) is 10.1 Å². The summed E-state index contributed by atoms with van der Waals surface area (Å²) in [7, 11) is 0. The van der Waals surface area contributed by atoms with Gasteiger partial charge in [-0.25, -0.2) is 0 Å². The molecule has 3 rings (SSSR count). The molecule has 27 heavy (non-hydrogen) atoms. The van der Waals surface area contributed by atoms with E-state index in [1.165, 1.54) is 13.0 Å². The lowest BCUT2D eigenvalue weighted by Gasteiger charge is -2.35. The number of piperazine rings is 1. The largest absolute Gasteiger partial charge is 0.362 e. The van der Waals surface area contributed by atoms with E-state index in [-0.39, 0.29) is 23.5 Å². The molecule has 2 N–H and O–H groups in total. The van der Waals surface area contributed by atoms with E-state index in [9.17, 15) is 19.7 Å². The summed E-state index contributed by atoms with van der Waals surface area (Å²) in [5, 5.41) is 17.7. The smallest absolute Gasteiger partial charge is 0.293 e. The van der Waals surface area contributed by atoms with Crippen LogP contribution >= 0.6 is 0 Å². The number of nitro benzene ring substituents is 1. The zero-order valence-electron chi connectivity index (χ0n) is 15.4. The number of nitrogens with zero attached hydrogens (tertiary/aromatic N) is 3. The van der Waals surface area contributed by atoms with Gasteiger partial charge in [0.15, 0.2) is 0 Å². The third kappa shape index (κ3) is 4.54. The SMILES string of the molecule is CC(=O)N1CCN(c2ccc(C(=O)N[C@H]3CCCNC3)cc2[N+](=O)[O-])CC1. The standard InChI is InChI=1S/C18H25N5O4/c1-13(24)21-7-9-22(10-8-21)16-5-4-14(11-17(16)23(26)27)18(25)20-15-3-2-6-19-12-15/h4-5,11,15,19H,2-3,6-10,12H2,1H3,(H,20,25)/t15-/m0/s1. The number of rotatable bonds is 4. The molecule has 2 heterocycles. The average Bonchev–Trinajstić information content (AvgIpc) is 2.68. The number of amides is 2. The van der Waals surface area contributed by atoms with Gasteiger partial charge in [0.25, 0.3) is 11.6 Å². The van der Waals surface area contributed by atoms with Crippen LogP contribution < -0.4 is 15.5 Å². The molecule has 2 amide bonds. The van der Waals surface area contributed by atoms with E-state index in [0.29, 0.717) is 44.0 Å². The van der Waals surface area contributed by atoms with Crippen molar-refractivity contribution in [3.63, 3.8) is 0 Å². The number of hydrogen-bond acceptors (Lipinski definition) is 6. The zero-order chi connectivity index (χ0) is 19.4. The van der Waals surface area contributed by atoms with Crippen LogP contribution in [0.4, 0.5) is 11.4 Å². The highest BCUT2D eigenvalue weighted by Crippen LogP contribution is 2.30. The fourth-order valence-electron chi connectivity index (χ4n) is 3.58. The van der Waals surface area contributed by atoms with Crippen LogP contribution in [0.5, 0.6) is 0 Å². The van der Waals surface area contributed by atoms with E-state index in [2.05, 4.69) is 10.6 Å². The molecule has 0 spiro atoms. The summed E-state index contributed by atoms with van der Waals surface area (Å²) >= 11 is 0. The summed E-state index contributed by atoms with van der Waals surface area (Å²) < 4.78 is 0. The highest BCUT2D eigenvalue weighted by atomic mass is 16.6. The predicted molar refractivity (Wildman–Crippen MR) is 101 cm³/mol. The van der Waals surface area contributed by atoms with Gasteiger partial charge in [-0.05, 0) is 31.5 Å². The summed E-state index contributed by atoms with van der Waals surface area (Å²) in [6, 6.07) is 4.66. The Labute approximate surface area is 157 Å². The Bertz CT molecular complexity index is 724. The van der Waals surface area contributed by atoms with Crippen molar-refractivity contribution in [2.24, 2.45) is 0 Å². The van der Waals surface area contributed by atoms with Gasteiger partial charge in [-0.15, -0.1) is 0 Å². The number of carbonyl (C=O) groups is 2. The van der Waals surface area contributed by atoms with Crippen molar-refractivity contribution in [1.29, 1.82) is 0 Å². The maximum Gasteiger partial charge on any atom is 0.293 e. The molecular weight excluding hydrogens is 350 g/mol. The van der Waals surface area contributed by atoms with Crippen LogP contribution in [-0.2, 0) is 4.79 Å². The van der Waals surface area contributed by atoms with Crippen molar-refractivity contribution in [2.75, 3.05) is 44.2 Å². The van der Waals surface area contributed by atoms with Crippen molar-refractivity contribution in [1.82, 2.24) is 15.5 Å². The lowest BCUT2D eigenvalue weighted by Crippen LogP contribution is -2.48. The van der Waals surface area contributed by atoms with Gasteiger partial charge >= 0.3 is 0 Å². The summed E-state index contributed by atoms with van der Waals surface area (Å²) in [5.41, 5.74) is 0.693. The molecule has 9 heteroatoms. The van der Waals surface area contributed by atoms with Gasteiger partial charge in [0, 0.05) is 57.3 Å². The summed E-state index contributed by atoms with van der Waals surface area (Å²) in [6.07, 6.45) is 1.90. The minimum Gasteiger partial charge on any atom is -0.362 e. The van der Waals surface area contributed by atoms with E-state index in [1.807, 2.05) is 4.90 Å². The van der Waals surface area contributed by atoms with Gasteiger partial charge in [-0.3, -0.25) is 19.7 Å². The average molecular weight is 375 g/mol. The Morgan fingerprint density at radius 3 is 2.59 bits per heavy atom. The first kappa shape index (κ1) is 19.1. The van der Waals surface area contributed by atoms with Gasteiger partial charge < -0.3 is 20.4 Å². The highest BCUT2D eigenvalue weighted by molar-refractivity contribution is 5.96. The van der Waals surface area contributed by atoms with Gasteiger partial charge in [0.05, 0.1) is 4.92 Å². The molecule has 0 radical (unpaired) electrons. The Hall–Kier alpha value is -2.68. The van der Waals surface area contributed by atoms with Crippen LogP contribution in [0.15, 0.2) is 18.2 Å². The summed E-state index contributed by atoms with van der Waals surface area (Å²) in [4.78, 5) is 38.7. The van der Waals surface area contributed by atoms with Crippen molar-refractivity contribution in [3.05, 3.63) is 33.9 Å².